The molecule has 0 radical (unpaired) electrons. The zero-order chi connectivity index (χ0) is 27.5. The van der Waals surface area contributed by atoms with E-state index in [2.05, 4.69) is 15.1 Å². The Balaban J connectivity index is 1.48. The fraction of sp³-hybridized carbons (Fsp3) is 0.192. The molecule has 200 valence electrons. The van der Waals surface area contributed by atoms with E-state index >= 15 is 0 Å². The van der Waals surface area contributed by atoms with Crippen molar-refractivity contribution in [2.24, 2.45) is 0 Å². The molecule has 5 aromatic rings. The van der Waals surface area contributed by atoms with E-state index in [1.807, 2.05) is 0 Å². The largest absolute Gasteiger partial charge is 0.438 e. The molecule has 6 rings (SSSR count). The molecule has 0 unspecified atom stereocenters. The first-order chi connectivity index (χ1) is 18.5. The normalized spacial score (nSPS) is 15.4. The number of hydrogen-bond donors (Lipinski definition) is 0. The summed E-state index contributed by atoms with van der Waals surface area (Å²) in [5.41, 5.74) is 3.68. The van der Waals surface area contributed by atoms with E-state index in [9.17, 15) is 21.2 Å². The van der Waals surface area contributed by atoms with E-state index in [0.29, 0.717) is 50.6 Å². The van der Waals surface area contributed by atoms with E-state index in [4.69, 9.17) is 4.42 Å². The van der Waals surface area contributed by atoms with Crippen LogP contribution in [0.4, 0.5) is 10.1 Å². The molecule has 13 heteroatoms. The van der Waals surface area contributed by atoms with Gasteiger partial charge in [0.25, 0.3) is 0 Å². The fourth-order valence-electron chi connectivity index (χ4n) is 4.52. The van der Waals surface area contributed by atoms with Crippen LogP contribution in [0.5, 0.6) is 0 Å². The average molecular weight is 568 g/mol. The molecule has 0 N–H and O–H groups in total. The number of benzene rings is 2. The number of hydrogen-bond acceptors (Lipinski definition) is 8. The van der Waals surface area contributed by atoms with Gasteiger partial charge in [0.15, 0.2) is 9.84 Å². The Morgan fingerprint density at radius 3 is 2.46 bits per heavy atom. The highest BCUT2D eigenvalue weighted by Gasteiger charge is 2.36. The van der Waals surface area contributed by atoms with Gasteiger partial charge in [-0.15, -0.1) is 0 Å². The number of fused-ring (bicyclic) bond motifs is 1. The first kappa shape index (κ1) is 25.2. The van der Waals surface area contributed by atoms with Crippen LogP contribution in [0.1, 0.15) is 6.04 Å². The van der Waals surface area contributed by atoms with Crippen molar-refractivity contribution < 1.29 is 25.6 Å². The van der Waals surface area contributed by atoms with E-state index in [1.54, 1.807) is 53.3 Å². The van der Waals surface area contributed by atoms with Crippen molar-refractivity contribution in [3.8, 4) is 33.8 Å². The van der Waals surface area contributed by atoms with Gasteiger partial charge in [-0.25, -0.2) is 31.2 Å². The van der Waals surface area contributed by atoms with Crippen molar-refractivity contribution in [3.05, 3.63) is 72.9 Å². The molecule has 0 spiro atoms. The summed E-state index contributed by atoms with van der Waals surface area (Å²) in [6.07, 6.45) is 4.23. The summed E-state index contributed by atoms with van der Waals surface area (Å²) in [5.74, 6) is 0.0444. The van der Waals surface area contributed by atoms with Crippen molar-refractivity contribution in [1.29, 1.82) is 0 Å². The Morgan fingerprint density at radius 1 is 1.03 bits per heavy atom. The third-order valence-electron chi connectivity index (χ3n) is 6.69. The van der Waals surface area contributed by atoms with E-state index in [0.717, 1.165) is 6.26 Å². The van der Waals surface area contributed by atoms with Crippen LogP contribution < -0.4 is 4.31 Å². The lowest BCUT2D eigenvalue weighted by atomic mass is 10.0. The Kier molecular flexibility index (Phi) is 5.81. The number of aromatic nitrogens is 4. The molecule has 1 aliphatic heterocycles. The molecule has 1 saturated heterocycles. The lowest BCUT2D eigenvalue weighted by Gasteiger charge is -2.25. The Bertz CT molecular complexity index is 1940. The molecular formula is C26H22FN5O5S2. The predicted molar refractivity (Wildman–Crippen MR) is 145 cm³/mol. The quantitative estimate of drug-likeness (QED) is 0.302. The number of rotatable bonds is 6. The fourth-order valence-corrected chi connectivity index (χ4v) is 6.40. The molecule has 0 amide bonds. The molecule has 0 atom stereocenters. The van der Waals surface area contributed by atoms with Gasteiger partial charge >= 0.3 is 0 Å². The number of furan rings is 1. The van der Waals surface area contributed by atoms with Crippen LogP contribution in [-0.4, -0.2) is 61.4 Å². The van der Waals surface area contributed by atoms with Gasteiger partial charge in [-0.1, -0.05) is 12.1 Å². The molecule has 4 heterocycles. The minimum absolute atomic E-state index is 0.00964. The van der Waals surface area contributed by atoms with Gasteiger partial charge < -0.3 is 4.42 Å². The second kappa shape index (κ2) is 8.99. The summed E-state index contributed by atoms with van der Waals surface area (Å²) in [6, 6.07) is 14.2. The van der Waals surface area contributed by atoms with Crippen molar-refractivity contribution >= 4 is 36.6 Å². The molecule has 1 aliphatic rings. The van der Waals surface area contributed by atoms with Crippen molar-refractivity contribution in [2.75, 3.05) is 29.1 Å². The zero-order valence-electron chi connectivity index (χ0n) is 20.8. The Morgan fingerprint density at radius 2 is 1.77 bits per heavy atom. The molecule has 1 fully saturated rings. The highest BCUT2D eigenvalue weighted by Crippen LogP contribution is 2.38. The Hall–Kier alpha value is -4.10. The van der Waals surface area contributed by atoms with Gasteiger partial charge in [-0.05, 0) is 42.5 Å². The van der Waals surface area contributed by atoms with Crippen molar-refractivity contribution in [3.63, 3.8) is 0 Å². The number of halogens is 1. The summed E-state index contributed by atoms with van der Waals surface area (Å²) in [7, 11) is -5.08. The third-order valence-corrected chi connectivity index (χ3v) is 9.68. The zero-order valence-corrected chi connectivity index (χ0v) is 22.4. The highest BCUT2D eigenvalue weighted by molar-refractivity contribution is 7.92. The summed E-state index contributed by atoms with van der Waals surface area (Å²) in [6.45, 7) is 0. The number of anilines is 1. The van der Waals surface area contributed by atoms with E-state index in [1.165, 1.54) is 29.8 Å². The minimum atomic E-state index is -3.46. The van der Waals surface area contributed by atoms with Crippen LogP contribution in [0.3, 0.4) is 0 Å². The maximum absolute atomic E-state index is 13.7. The maximum Gasteiger partial charge on any atom is 0.231 e. The third kappa shape index (κ3) is 4.68. The van der Waals surface area contributed by atoms with Gasteiger partial charge in [-0.2, -0.15) is 5.10 Å². The smallest absolute Gasteiger partial charge is 0.231 e. The van der Waals surface area contributed by atoms with Gasteiger partial charge in [0.1, 0.15) is 23.6 Å². The van der Waals surface area contributed by atoms with Crippen molar-refractivity contribution in [2.45, 2.75) is 6.04 Å². The van der Waals surface area contributed by atoms with Gasteiger partial charge in [0.05, 0.1) is 40.6 Å². The topological polar surface area (TPSA) is 128 Å². The van der Waals surface area contributed by atoms with E-state index < -0.39 is 25.7 Å². The van der Waals surface area contributed by atoms with Crippen LogP contribution in [-0.2, 0) is 19.9 Å². The summed E-state index contributed by atoms with van der Waals surface area (Å²) >= 11 is 0. The molecule has 3 aromatic heterocycles. The summed E-state index contributed by atoms with van der Waals surface area (Å²) in [5, 5.41) is 5.26. The molecule has 39 heavy (non-hydrogen) atoms. The molecule has 0 saturated carbocycles. The lowest BCUT2D eigenvalue weighted by molar-refractivity contribution is 0.474. The van der Waals surface area contributed by atoms with Crippen LogP contribution >= 0.6 is 0 Å². The monoisotopic (exact) mass is 567 g/mol. The minimum Gasteiger partial charge on any atom is -0.438 e. The average Bonchev–Trinajstić information content (AvgIpc) is 3.52. The van der Waals surface area contributed by atoms with Gasteiger partial charge in [0.2, 0.25) is 15.7 Å². The van der Waals surface area contributed by atoms with Crippen molar-refractivity contribution in [1.82, 2.24) is 19.7 Å². The molecule has 10 nitrogen and oxygen atoms in total. The highest BCUT2D eigenvalue weighted by atomic mass is 32.2. The second-order valence-corrected chi connectivity index (χ2v) is 13.6. The van der Waals surface area contributed by atoms with Gasteiger partial charge in [-0.3, -0.25) is 8.99 Å². The predicted octanol–water partition coefficient (Wildman–Crippen LogP) is 3.92. The SMILES string of the molecule is CN(c1cccc(-c2cc3c(-c4cn(C5CS(=O)(=O)C5)nc4-c4ccc(F)cc4)ncnc3o2)c1)S(C)(=O)=O. The van der Waals surface area contributed by atoms with Crippen LogP contribution in [0.15, 0.2) is 71.5 Å². The number of nitrogens with zero attached hydrogens (tertiary/aromatic N) is 5. The van der Waals surface area contributed by atoms with Gasteiger partial charge in [0, 0.05) is 29.9 Å². The molecular weight excluding hydrogens is 545 g/mol. The first-order valence-corrected chi connectivity index (χ1v) is 15.5. The first-order valence-electron chi connectivity index (χ1n) is 11.8. The summed E-state index contributed by atoms with van der Waals surface area (Å²) in [4.78, 5) is 8.78. The lowest BCUT2D eigenvalue weighted by Crippen LogP contribution is -2.38. The van der Waals surface area contributed by atoms with Crippen LogP contribution in [0.25, 0.3) is 44.9 Å². The molecule has 0 bridgehead atoms. The summed E-state index contributed by atoms with van der Waals surface area (Å²) < 4.78 is 70.2. The van der Waals surface area contributed by atoms with E-state index in [-0.39, 0.29) is 17.5 Å². The Labute approximate surface area is 223 Å². The second-order valence-electron chi connectivity index (χ2n) is 9.44. The molecule has 0 aliphatic carbocycles. The van der Waals surface area contributed by atoms with Crippen LogP contribution in [0, 0.1) is 5.82 Å². The number of sulfone groups is 1. The number of sulfonamides is 1. The standard InChI is InChI=1S/C26H22FN5O5S2/c1-31(38(2,33)34)19-5-3-4-17(10-19)23-11-21-25(28-15-29-26(21)37-23)22-12-32(20-13-39(35,36)14-20)30-24(22)16-6-8-18(27)9-7-16/h3-12,15,20H,13-14H2,1-2H3. The maximum atomic E-state index is 13.7. The van der Waals surface area contributed by atoms with Crippen LogP contribution in [0.2, 0.25) is 0 Å². The molecule has 2 aromatic carbocycles.